The van der Waals surface area contributed by atoms with Gasteiger partial charge in [0.05, 0.1) is 0 Å². The third kappa shape index (κ3) is 1.53. The molecule has 0 radical (unpaired) electrons. The summed E-state index contributed by atoms with van der Waals surface area (Å²) in [5.74, 6) is -0.0608. The van der Waals surface area contributed by atoms with Crippen LogP contribution in [0.3, 0.4) is 0 Å². The van der Waals surface area contributed by atoms with Gasteiger partial charge < -0.3 is 5.73 Å². The van der Waals surface area contributed by atoms with E-state index in [0.29, 0.717) is 0 Å². The molecule has 0 spiro atoms. The maximum absolute atomic E-state index is 11.1. The van der Waals surface area contributed by atoms with E-state index in [2.05, 4.69) is 9.39 Å². The van der Waals surface area contributed by atoms with Crippen LogP contribution in [0.5, 0.6) is 0 Å². The largest absolute Gasteiger partial charge is 0.369 e. The lowest BCUT2D eigenvalue weighted by atomic mass is 10.9. The standard InChI is InChI=1S/C4H8N4O2S2/c1-8-3(5)6-4(11-2)7-12(8,9)10/h1-2H3,(H2,5,6,7). The SMILES string of the molecule is CSC1=NS(=O)(=O)N(C)C(N)=N1. The van der Waals surface area contributed by atoms with Gasteiger partial charge in [0, 0.05) is 7.05 Å². The highest BCUT2D eigenvalue weighted by Crippen LogP contribution is 2.11. The summed E-state index contributed by atoms with van der Waals surface area (Å²) < 4.78 is 26.5. The number of nitrogens with zero attached hydrogens (tertiary/aromatic N) is 3. The first-order valence-electron chi connectivity index (χ1n) is 2.94. The Morgan fingerprint density at radius 2 is 2.17 bits per heavy atom. The van der Waals surface area contributed by atoms with Crippen LogP contribution in [-0.4, -0.2) is 37.2 Å². The predicted molar refractivity (Wildman–Crippen MR) is 49.3 cm³/mol. The highest BCUT2D eigenvalue weighted by atomic mass is 32.2. The van der Waals surface area contributed by atoms with Gasteiger partial charge in [-0.1, -0.05) is 11.8 Å². The number of aliphatic imine (C=N–C) groups is 1. The Morgan fingerprint density at radius 1 is 1.58 bits per heavy atom. The van der Waals surface area contributed by atoms with Crippen molar-refractivity contribution in [2.45, 2.75) is 0 Å². The first-order valence-corrected chi connectivity index (χ1v) is 5.56. The molecule has 1 heterocycles. The molecule has 6 nitrogen and oxygen atoms in total. The zero-order valence-corrected chi connectivity index (χ0v) is 8.18. The number of hydrogen-bond acceptors (Lipinski definition) is 5. The van der Waals surface area contributed by atoms with E-state index in [1.807, 2.05) is 0 Å². The molecule has 68 valence electrons. The lowest BCUT2D eigenvalue weighted by Gasteiger charge is -2.18. The summed E-state index contributed by atoms with van der Waals surface area (Å²) in [4.78, 5) is 3.73. The maximum atomic E-state index is 11.1. The minimum atomic E-state index is -3.63. The van der Waals surface area contributed by atoms with Crippen molar-refractivity contribution in [3.8, 4) is 0 Å². The third-order valence-electron chi connectivity index (χ3n) is 1.25. The molecule has 0 unspecified atom stereocenters. The Labute approximate surface area is 74.7 Å². The van der Waals surface area contributed by atoms with E-state index in [-0.39, 0.29) is 11.1 Å². The van der Waals surface area contributed by atoms with Crippen molar-refractivity contribution in [1.82, 2.24) is 4.31 Å². The van der Waals surface area contributed by atoms with Crippen LogP contribution in [0.1, 0.15) is 0 Å². The molecule has 12 heavy (non-hydrogen) atoms. The van der Waals surface area contributed by atoms with Gasteiger partial charge in [-0.05, 0) is 6.26 Å². The van der Waals surface area contributed by atoms with E-state index in [1.54, 1.807) is 6.26 Å². The Kier molecular flexibility index (Phi) is 2.29. The van der Waals surface area contributed by atoms with Crippen LogP contribution < -0.4 is 5.73 Å². The molecule has 1 aliphatic heterocycles. The van der Waals surface area contributed by atoms with Crippen LogP contribution in [0.2, 0.25) is 0 Å². The number of hydrogen-bond donors (Lipinski definition) is 1. The van der Waals surface area contributed by atoms with Crippen molar-refractivity contribution in [1.29, 1.82) is 0 Å². The molecule has 8 heteroatoms. The van der Waals surface area contributed by atoms with E-state index in [1.165, 1.54) is 7.05 Å². The second-order valence-electron chi connectivity index (χ2n) is 1.99. The normalized spacial score (nSPS) is 21.7. The van der Waals surface area contributed by atoms with Crippen LogP contribution >= 0.6 is 11.8 Å². The first kappa shape index (κ1) is 9.33. The molecule has 0 aromatic carbocycles. The van der Waals surface area contributed by atoms with Gasteiger partial charge in [-0.2, -0.15) is 13.4 Å². The lowest BCUT2D eigenvalue weighted by molar-refractivity contribution is 0.552. The molecule has 0 aliphatic carbocycles. The van der Waals surface area contributed by atoms with Gasteiger partial charge in [-0.25, -0.2) is 4.31 Å². The fraction of sp³-hybridized carbons (Fsp3) is 0.500. The number of guanidine groups is 1. The molecule has 0 atom stereocenters. The minimum Gasteiger partial charge on any atom is -0.369 e. The van der Waals surface area contributed by atoms with Gasteiger partial charge in [0.1, 0.15) is 0 Å². The summed E-state index contributed by atoms with van der Waals surface area (Å²) >= 11 is 1.13. The van der Waals surface area contributed by atoms with Crippen molar-refractivity contribution in [2.75, 3.05) is 13.3 Å². The van der Waals surface area contributed by atoms with Gasteiger partial charge in [-0.15, -0.1) is 4.40 Å². The molecule has 0 aromatic rings. The summed E-state index contributed by atoms with van der Waals surface area (Å²) in [5.41, 5.74) is 5.32. The number of rotatable bonds is 0. The quantitative estimate of drug-likeness (QED) is 0.565. The summed E-state index contributed by atoms with van der Waals surface area (Å²) in [6.07, 6.45) is 1.68. The molecular weight excluding hydrogens is 200 g/mol. The van der Waals surface area contributed by atoms with E-state index < -0.39 is 10.2 Å². The van der Waals surface area contributed by atoms with Crippen LogP contribution in [0.4, 0.5) is 0 Å². The molecule has 1 aliphatic rings. The molecule has 0 aromatic heterocycles. The molecule has 0 fully saturated rings. The van der Waals surface area contributed by atoms with Crippen LogP contribution in [0.25, 0.3) is 0 Å². The minimum absolute atomic E-state index is 0.0608. The first-order chi connectivity index (χ1) is 5.47. The molecule has 0 saturated carbocycles. The number of amidine groups is 1. The maximum Gasteiger partial charge on any atom is 0.349 e. The van der Waals surface area contributed by atoms with Gasteiger partial charge in [-0.3, -0.25) is 0 Å². The lowest BCUT2D eigenvalue weighted by Crippen LogP contribution is -2.40. The Hall–Kier alpha value is -0.760. The summed E-state index contributed by atoms with van der Waals surface area (Å²) in [6.45, 7) is 0. The third-order valence-corrected chi connectivity index (χ3v) is 3.20. The average Bonchev–Trinajstić information content (AvgIpc) is 1.99. The highest BCUT2D eigenvalue weighted by Gasteiger charge is 2.24. The van der Waals surface area contributed by atoms with Gasteiger partial charge in [0.15, 0.2) is 0 Å². The van der Waals surface area contributed by atoms with E-state index in [9.17, 15) is 8.42 Å². The molecule has 2 N–H and O–H groups in total. The number of thioether (sulfide) groups is 1. The Bertz CT molecular complexity index is 344. The fourth-order valence-corrected chi connectivity index (χ4v) is 1.95. The zero-order chi connectivity index (χ0) is 9.35. The average molecular weight is 208 g/mol. The fourth-order valence-electron chi connectivity index (χ4n) is 0.550. The topological polar surface area (TPSA) is 88.1 Å². The predicted octanol–water partition coefficient (Wildman–Crippen LogP) is -0.790. The monoisotopic (exact) mass is 208 g/mol. The summed E-state index contributed by atoms with van der Waals surface area (Å²) in [6, 6.07) is 0. The zero-order valence-electron chi connectivity index (χ0n) is 6.55. The van der Waals surface area contributed by atoms with Crippen molar-refractivity contribution in [2.24, 2.45) is 15.1 Å². The molecule has 0 bridgehead atoms. The highest BCUT2D eigenvalue weighted by molar-refractivity contribution is 8.14. The van der Waals surface area contributed by atoms with Crippen molar-refractivity contribution in [3.05, 3.63) is 0 Å². The smallest absolute Gasteiger partial charge is 0.349 e. The van der Waals surface area contributed by atoms with Crippen molar-refractivity contribution in [3.63, 3.8) is 0 Å². The van der Waals surface area contributed by atoms with E-state index in [0.717, 1.165) is 16.1 Å². The van der Waals surface area contributed by atoms with Gasteiger partial charge >= 0.3 is 10.2 Å². The van der Waals surface area contributed by atoms with E-state index >= 15 is 0 Å². The van der Waals surface area contributed by atoms with Crippen molar-refractivity contribution >= 4 is 33.1 Å². The summed E-state index contributed by atoms with van der Waals surface area (Å²) in [5, 5.41) is 0.158. The van der Waals surface area contributed by atoms with Gasteiger partial charge in [0.25, 0.3) is 0 Å². The Morgan fingerprint density at radius 3 is 2.58 bits per heavy atom. The summed E-state index contributed by atoms with van der Waals surface area (Å²) in [7, 11) is -2.33. The van der Waals surface area contributed by atoms with Gasteiger partial charge in [0.2, 0.25) is 11.1 Å². The Balaban J connectivity index is 3.17. The molecule has 1 rings (SSSR count). The van der Waals surface area contributed by atoms with Crippen molar-refractivity contribution < 1.29 is 8.42 Å². The van der Waals surface area contributed by atoms with Crippen LogP contribution in [0.15, 0.2) is 9.39 Å². The number of nitrogens with two attached hydrogens (primary N) is 1. The van der Waals surface area contributed by atoms with E-state index in [4.69, 9.17) is 5.73 Å². The molecule has 0 amide bonds. The van der Waals surface area contributed by atoms with Crippen LogP contribution in [0, 0.1) is 0 Å². The van der Waals surface area contributed by atoms with Crippen LogP contribution in [-0.2, 0) is 10.2 Å². The molecular formula is C4H8N4O2S2. The molecule has 0 saturated heterocycles. The second-order valence-corrected chi connectivity index (χ2v) is 4.39. The second kappa shape index (κ2) is 2.94.